The van der Waals surface area contributed by atoms with Gasteiger partial charge in [-0.3, -0.25) is 0 Å². The molecule has 0 radical (unpaired) electrons. The van der Waals surface area contributed by atoms with Gasteiger partial charge in [0.2, 0.25) is 0 Å². The highest BCUT2D eigenvalue weighted by molar-refractivity contribution is 9.10. The summed E-state index contributed by atoms with van der Waals surface area (Å²) in [5.74, 6) is 0. The van der Waals surface area contributed by atoms with Crippen molar-refractivity contribution in [3.8, 4) is 0 Å². The summed E-state index contributed by atoms with van der Waals surface area (Å²) in [5, 5.41) is 19.2. The minimum atomic E-state index is -0.452. The molecular weight excluding hydrogens is 306 g/mol. The van der Waals surface area contributed by atoms with Crippen LogP contribution in [0.5, 0.6) is 0 Å². The van der Waals surface area contributed by atoms with E-state index in [0.717, 1.165) is 15.7 Å². The third-order valence-electron chi connectivity index (χ3n) is 3.52. The highest BCUT2D eigenvalue weighted by Gasteiger charge is 2.32. The molecule has 0 amide bonds. The fourth-order valence-electron chi connectivity index (χ4n) is 2.41. The highest BCUT2D eigenvalue weighted by atomic mass is 79.9. The normalized spacial score (nSPS) is 14.3. The molecule has 0 spiro atoms. The molecule has 1 atom stereocenters. The molecule has 19 heavy (non-hydrogen) atoms. The van der Waals surface area contributed by atoms with E-state index in [9.17, 15) is 10.2 Å². The zero-order valence-corrected chi connectivity index (χ0v) is 12.2. The van der Waals surface area contributed by atoms with Gasteiger partial charge in [0.25, 0.3) is 0 Å². The number of nitrogens with one attached hydrogen (secondary N) is 1. The van der Waals surface area contributed by atoms with Crippen LogP contribution in [-0.4, -0.2) is 28.4 Å². The Kier molecular flexibility index (Phi) is 4.80. The van der Waals surface area contributed by atoms with E-state index in [-0.39, 0.29) is 13.2 Å². The molecule has 0 saturated heterocycles. The number of H-pyrrole nitrogens is 1. The number of halogens is 1. The van der Waals surface area contributed by atoms with E-state index in [4.69, 9.17) is 0 Å². The molecule has 0 saturated carbocycles. The lowest BCUT2D eigenvalue weighted by Gasteiger charge is -2.31. The van der Waals surface area contributed by atoms with Crippen LogP contribution in [0.2, 0.25) is 0 Å². The average molecular weight is 324 g/mol. The minimum absolute atomic E-state index is 0.00410. The molecule has 1 heterocycles. The lowest BCUT2D eigenvalue weighted by molar-refractivity contribution is 0.148. The van der Waals surface area contributed by atoms with Gasteiger partial charge < -0.3 is 15.2 Å². The van der Waals surface area contributed by atoms with Gasteiger partial charge in [0, 0.05) is 28.4 Å². The van der Waals surface area contributed by atoms with Gasteiger partial charge in [-0.1, -0.05) is 28.1 Å². The van der Waals surface area contributed by atoms with Crippen molar-refractivity contribution in [2.75, 3.05) is 13.2 Å². The van der Waals surface area contributed by atoms with Crippen LogP contribution in [0.4, 0.5) is 0 Å². The number of aromatic amines is 1. The van der Waals surface area contributed by atoms with E-state index in [0.29, 0.717) is 12.8 Å². The molecule has 102 valence electrons. The molecule has 0 aliphatic carbocycles. The lowest BCUT2D eigenvalue weighted by atomic mass is 9.77. The predicted octanol–water partition coefficient (Wildman–Crippen LogP) is 2.63. The van der Waals surface area contributed by atoms with Crippen molar-refractivity contribution >= 4 is 15.9 Å². The molecule has 3 N–H and O–H groups in total. The van der Waals surface area contributed by atoms with Crippen LogP contribution in [-0.2, 0) is 11.8 Å². The second-order valence-electron chi connectivity index (χ2n) is 4.80. The van der Waals surface area contributed by atoms with Crippen molar-refractivity contribution in [3.05, 3.63) is 58.3 Å². The molecule has 1 unspecified atom stereocenters. The summed E-state index contributed by atoms with van der Waals surface area (Å²) in [5.41, 5.74) is 1.65. The molecular formula is C15H18BrNO2. The number of rotatable bonds is 6. The number of hydrogen-bond donors (Lipinski definition) is 3. The van der Waals surface area contributed by atoms with E-state index < -0.39 is 5.41 Å². The second-order valence-corrected chi connectivity index (χ2v) is 5.71. The maximum atomic E-state index is 9.85. The summed E-state index contributed by atoms with van der Waals surface area (Å²) in [4.78, 5) is 3.17. The van der Waals surface area contributed by atoms with Gasteiger partial charge in [-0.05, 0) is 42.7 Å². The van der Waals surface area contributed by atoms with Crippen molar-refractivity contribution in [2.24, 2.45) is 0 Å². The van der Waals surface area contributed by atoms with Crippen molar-refractivity contribution in [3.63, 3.8) is 0 Å². The van der Waals surface area contributed by atoms with Crippen LogP contribution < -0.4 is 0 Å². The third kappa shape index (κ3) is 3.26. The van der Waals surface area contributed by atoms with Crippen molar-refractivity contribution in [2.45, 2.75) is 18.3 Å². The highest BCUT2D eigenvalue weighted by Crippen LogP contribution is 2.31. The number of hydrogen-bond acceptors (Lipinski definition) is 2. The zero-order chi connectivity index (χ0) is 13.7. The van der Waals surface area contributed by atoms with Crippen LogP contribution in [0.1, 0.15) is 17.7 Å². The Balaban J connectivity index is 2.30. The maximum Gasteiger partial charge on any atom is 0.0546 e. The van der Waals surface area contributed by atoms with E-state index in [2.05, 4.69) is 20.9 Å². The lowest BCUT2D eigenvalue weighted by Crippen LogP contribution is -2.35. The van der Waals surface area contributed by atoms with E-state index >= 15 is 0 Å². The molecule has 4 heteroatoms. The molecule has 1 aromatic carbocycles. The van der Waals surface area contributed by atoms with Gasteiger partial charge >= 0.3 is 0 Å². The Hall–Kier alpha value is -1.10. The Bertz CT molecular complexity index is 495. The summed E-state index contributed by atoms with van der Waals surface area (Å²) < 4.78 is 1.04. The quantitative estimate of drug-likeness (QED) is 0.765. The standard InChI is InChI=1S/C15H18BrNO2/c16-13-5-3-12(4-6-13)10-15(11-19,7-9-18)14-2-1-8-17-14/h1-6,8,17-19H,7,9-11H2. The van der Waals surface area contributed by atoms with Crippen LogP contribution in [0.3, 0.4) is 0 Å². The molecule has 2 aromatic rings. The van der Waals surface area contributed by atoms with Gasteiger partial charge in [-0.25, -0.2) is 0 Å². The molecule has 3 nitrogen and oxygen atoms in total. The second kappa shape index (κ2) is 6.37. The van der Waals surface area contributed by atoms with Crippen LogP contribution in [0.25, 0.3) is 0 Å². The molecule has 0 aliphatic heterocycles. The number of benzene rings is 1. The zero-order valence-electron chi connectivity index (χ0n) is 10.6. The van der Waals surface area contributed by atoms with Crippen molar-refractivity contribution < 1.29 is 10.2 Å². The monoisotopic (exact) mass is 323 g/mol. The van der Waals surface area contributed by atoms with Crippen molar-refractivity contribution in [1.29, 1.82) is 0 Å². The number of aliphatic hydroxyl groups is 2. The minimum Gasteiger partial charge on any atom is -0.396 e. The molecule has 1 aromatic heterocycles. The van der Waals surface area contributed by atoms with Crippen LogP contribution >= 0.6 is 15.9 Å². The van der Waals surface area contributed by atoms with Gasteiger partial charge in [0.1, 0.15) is 0 Å². The first-order valence-corrected chi connectivity index (χ1v) is 7.09. The summed E-state index contributed by atoms with van der Waals surface area (Å²) >= 11 is 3.42. The largest absolute Gasteiger partial charge is 0.396 e. The smallest absolute Gasteiger partial charge is 0.0546 e. The Morgan fingerprint density at radius 1 is 1.11 bits per heavy atom. The van der Waals surface area contributed by atoms with E-state index in [1.807, 2.05) is 42.6 Å². The first-order chi connectivity index (χ1) is 9.20. The van der Waals surface area contributed by atoms with Crippen LogP contribution in [0, 0.1) is 0 Å². The average Bonchev–Trinajstić information content (AvgIpc) is 2.95. The molecule has 0 fully saturated rings. The van der Waals surface area contributed by atoms with E-state index in [1.165, 1.54) is 0 Å². The fraction of sp³-hybridized carbons (Fsp3) is 0.333. The Labute approximate surface area is 121 Å². The van der Waals surface area contributed by atoms with E-state index in [1.54, 1.807) is 0 Å². The van der Waals surface area contributed by atoms with Crippen LogP contribution in [0.15, 0.2) is 47.1 Å². The summed E-state index contributed by atoms with van der Waals surface area (Å²) in [6, 6.07) is 11.9. The van der Waals surface area contributed by atoms with Crippen molar-refractivity contribution in [1.82, 2.24) is 4.98 Å². The first-order valence-electron chi connectivity index (χ1n) is 6.30. The Morgan fingerprint density at radius 3 is 2.37 bits per heavy atom. The third-order valence-corrected chi connectivity index (χ3v) is 4.05. The maximum absolute atomic E-state index is 9.85. The summed E-state index contributed by atoms with van der Waals surface area (Å²) in [6.45, 7) is 0.0558. The SMILES string of the molecule is OCCC(CO)(Cc1ccc(Br)cc1)c1ccc[nH]1. The molecule has 0 aliphatic rings. The predicted molar refractivity (Wildman–Crippen MR) is 79.1 cm³/mol. The molecule has 0 bridgehead atoms. The van der Waals surface area contributed by atoms with Gasteiger partial charge in [-0.15, -0.1) is 0 Å². The van der Waals surface area contributed by atoms with Gasteiger partial charge in [-0.2, -0.15) is 0 Å². The van der Waals surface area contributed by atoms with Gasteiger partial charge in [0.05, 0.1) is 6.61 Å². The number of aliphatic hydroxyl groups excluding tert-OH is 2. The summed E-state index contributed by atoms with van der Waals surface area (Å²) in [6.07, 6.45) is 3.07. The Morgan fingerprint density at radius 2 is 1.84 bits per heavy atom. The fourth-order valence-corrected chi connectivity index (χ4v) is 2.67. The molecule has 2 rings (SSSR count). The topological polar surface area (TPSA) is 56.2 Å². The summed E-state index contributed by atoms with van der Waals surface area (Å²) in [7, 11) is 0. The number of aromatic nitrogens is 1. The first kappa shape index (κ1) is 14.3. The van der Waals surface area contributed by atoms with Gasteiger partial charge in [0.15, 0.2) is 0 Å².